The Morgan fingerprint density at radius 3 is 2.46 bits per heavy atom. The van der Waals surface area contributed by atoms with E-state index < -0.39 is 20.0 Å². The van der Waals surface area contributed by atoms with Crippen molar-refractivity contribution in [2.75, 3.05) is 34.6 Å². The van der Waals surface area contributed by atoms with Crippen molar-refractivity contribution in [3.05, 3.63) is 48.5 Å². The molecule has 7 nitrogen and oxygen atoms in total. The highest BCUT2D eigenvalue weighted by molar-refractivity contribution is 7.93. The van der Waals surface area contributed by atoms with Gasteiger partial charge in [0.25, 0.3) is 10.0 Å². The lowest BCUT2D eigenvalue weighted by molar-refractivity contribution is 0.331. The van der Waals surface area contributed by atoms with Crippen molar-refractivity contribution in [1.29, 1.82) is 0 Å². The van der Waals surface area contributed by atoms with E-state index in [4.69, 9.17) is 4.74 Å². The number of para-hydroxylation sites is 1. The van der Waals surface area contributed by atoms with E-state index in [1.165, 1.54) is 27.8 Å². The first kappa shape index (κ1) is 20.5. The van der Waals surface area contributed by atoms with Gasteiger partial charge < -0.3 is 4.74 Å². The van der Waals surface area contributed by atoms with Crippen molar-refractivity contribution in [3.63, 3.8) is 0 Å². The molecule has 0 N–H and O–H groups in total. The van der Waals surface area contributed by atoms with Gasteiger partial charge in [-0.2, -0.15) is 0 Å². The Balaban J connectivity index is 2.10. The van der Waals surface area contributed by atoms with E-state index in [9.17, 15) is 16.8 Å². The molecule has 0 aliphatic carbocycles. The summed E-state index contributed by atoms with van der Waals surface area (Å²) in [5.41, 5.74) is 0.837. The number of hydrogen-bond acceptors (Lipinski definition) is 5. The molecular weight excluding hydrogens is 400 g/mol. The van der Waals surface area contributed by atoms with Gasteiger partial charge in [-0.1, -0.05) is 18.2 Å². The molecule has 0 bridgehead atoms. The van der Waals surface area contributed by atoms with Crippen molar-refractivity contribution in [1.82, 2.24) is 0 Å². The van der Waals surface area contributed by atoms with Gasteiger partial charge in [-0.25, -0.2) is 16.8 Å². The maximum Gasteiger partial charge on any atom is 0.267 e. The third kappa shape index (κ3) is 3.95. The summed E-state index contributed by atoms with van der Waals surface area (Å²) < 4.78 is 59.5. The Bertz CT molecular complexity index is 1040. The van der Waals surface area contributed by atoms with Crippen molar-refractivity contribution >= 4 is 31.4 Å². The van der Waals surface area contributed by atoms with Crippen molar-refractivity contribution in [2.24, 2.45) is 0 Å². The minimum Gasteiger partial charge on any atom is -0.492 e. The third-order valence-corrected chi connectivity index (χ3v) is 8.30. The summed E-state index contributed by atoms with van der Waals surface area (Å²) in [4.78, 5) is -0.0565. The van der Waals surface area contributed by atoms with Crippen molar-refractivity contribution in [2.45, 2.75) is 24.7 Å². The van der Waals surface area contributed by atoms with Gasteiger partial charge in [-0.05, 0) is 50.1 Å². The first-order valence-electron chi connectivity index (χ1n) is 9.08. The average molecular weight is 425 g/mol. The fourth-order valence-corrected chi connectivity index (χ4v) is 6.11. The van der Waals surface area contributed by atoms with Gasteiger partial charge in [0.15, 0.2) is 0 Å². The highest BCUT2D eigenvalue weighted by Crippen LogP contribution is 2.34. The van der Waals surface area contributed by atoms with Crippen LogP contribution in [0.15, 0.2) is 53.4 Å². The highest BCUT2D eigenvalue weighted by atomic mass is 32.2. The fourth-order valence-electron chi connectivity index (χ4n) is 3.13. The van der Waals surface area contributed by atoms with E-state index in [2.05, 4.69) is 0 Å². The second kappa shape index (κ2) is 8.00. The number of hydrogen-bond donors (Lipinski definition) is 0. The molecule has 0 spiro atoms. The summed E-state index contributed by atoms with van der Waals surface area (Å²) >= 11 is 0. The molecule has 1 fully saturated rings. The molecule has 2 aromatic rings. The number of benzene rings is 2. The maximum absolute atomic E-state index is 13.3. The molecule has 1 aliphatic heterocycles. The van der Waals surface area contributed by atoms with Crippen LogP contribution in [0.5, 0.6) is 5.75 Å². The Morgan fingerprint density at radius 2 is 1.82 bits per heavy atom. The zero-order valence-electron chi connectivity index (χ0n) is 15.9. The fraction of sp³-hybridized carbons (Fsp3) is 0.368. The molecule has 152 valence electrons. The van der Waals surface area contributed by atoms with Gasteiger partial charge in [-0.3, -0.25) is 8.61 Å². The van der Waals surface area contributed by atoms with Gasteiger partial charge in [0.05, 0.1) is 23.7 Å². The summed E-state index contributed by atoms with van der Waals surface area (Å²) in [6.07, 6.45) is 1.34. The first-order chi connectivity index (χ1) is 13.3. The lowest BCUT2D eigenvalue weighted by atomic mass is 10.2. The van der Waals surface area contributed by atoms with Crippen LogP contribution in [0.1, 0.15) is 19.8 Å². The third-order valence-electron chi connectivity index (χ3n) is 4.62. The second-order valence-corrected chi connectivity index (χ2v) is 10.4. The molecule has 1 aliphatic rings. The zero-order valence-corrected chi connectivity index (χ0v) is 17.5. The summed E-state index contributed by atoms with van der Waals surface area (Å²) in [5, 5.41) is 0. The van der Waals surface area contributed by atoms with Gasteiger partial charge in [0.2, 0.25) is 10.0 Å². The van der Waals surface area contributed by atoms with E-state index in [0.29, 0.717) is 30.9 Å². The molecule has 1 saturated heterocycles. The van der Waals surface area contributed by atoms with Crippen LogP contribution in [0.3, 0.4) is 0 Å². The minimum atomic E-state index is -3.96. The number of rotatable bonds is 6. The summed E-state index contributed by atoms with van der Waals surface area (Å²) in [6.45, 7) is 2.39. The summed E-state index contributed by atoms with van der Waals surface area (Å²) in [5.74, 6) is 0.259. The van der Waals surface area contributed by atoms with Gasteiger partial charge in [0, 0.05) is 13.6 Å². The predicted molar refractivity (Wildman–Crippen MR) is 110 cm³/mol. The van der Waals surface area contributed by atoms with E-state index >= 15 is 0 Å². The number of anilines is 2. The zero-order chi connectivity index (χ0) is 20.4. The molecule has 0 unspecified atom stereocenters. The van der Waals surface area contributed by atoms with Crippen molar-refractivity contribution < 1.29 is 21.6 Å². The lowest BCUT2D eigenvalue weighted by Crippen LogP contribution is -2.38. The second-order valence-electron chi connectivity index (χ2n) is 6.47. The van der Waals surface area contributed by atoms with Crippen LogP contribution in [-0.4, -0.2) is 42.8 Å². The molecule has 0 saturated carbocycles. The summed E-state index contributed by atoms with van der Waals surface area (Å²) in [6, 6.07) is 13.2. The average Bonchev–Trinajstić information content (AvgIpc) is 2.68. The van der Waals surface area contributed by atoms with Crippen LogP contribution < -0.4 is 13.3 Å². The van der Waals surface area contributed by atoms with E-state index in [1.54, 1.807) is 43.3 Å². The van der Waals surface area contributed by atoms with E-state index in [1.807, 2.05) is 0 Å². The first-order valence-corrected chi connectivity index (χ1v) is 12.1. The minimum absolute atomic E-state index is 0.0565. The van der Waals surface area contributed by atoms with Crippen LogP contribution in [0.4, 0.5) is 11.4 Å². The lowest BCUT2D eigenvalue weighted by Gasteiger charge is -2.29. The quantitative estimate of drug-likeness (QED) is 0.712. The van der Waals surface area contributed by atoms with Crippen LogP contribution in [0.25, 0.3) is 0 Å². The largest absolute Gasteiger partial charge is 0.492 e. The highest BCUT2D eigenvalue weighted by Gasteiger charge is 2.30. The topological polar surface area (TPSA) is 84.0 Å². The SMILES string of the molecule is CCOc1ccc(N2CCCCS2(=O)=O)cc1S(=O)(=O)N(C)c1ccccc1. The predicted octanol–water partition coefficient (Wildman–Crippen LogP) is 2.84. The summed E-state index contributed by atoms with van der Waals surface area (Å²) in [7, 11) is -5.95. The van der Waals surface area contributed by atoms with E-state index in [-0.39, 0.29) is 16.4 Å². The standard InChI is InChI=1S/C19H24N2O5S2/c1-3-26-18-12-11-17(21-13-7-8-14-27(21,22)23)15-19(18)28(24,25)20(2)16-9-5-4-6-10-16/h4-6,9-12,15H,3,7-8,13-14H2,1-2H3. The monoisotopic (exact) mass is 424 g/mol. The Hall–Kier alpha value is -2.26. The van der Waals surface area contributed by atoms with Gasteiger partial charge in [-0.15, -0.1) is 0 Å². The Labute approximate surface area is 166 Å². The molecule has 28 heavy (non-hydrogen) atoms. The molecule has 9 heteroatoms. The van der Waals surface area contributed by atoms with Crippen LogP contribution >= 0.6 is 0 Å². The van der Waals surface area contributed by atoms with Crippen LogP contribution in [0.2, 0.25) is 0 Å². The number of nitrogens with zero attached hydrogens (tertiary/aromatic N) is 2. The molecule has 2 aromatic carbocycles. The molecule has 0 aromatic heterocycles. The van der Waals surface area contributed by atoms with Crippen LogP contribution in [0, 0.1) is 0 Å². The molecule has 0 amide bonds. The smallest absolute Gasteiger partial charge is 0.267 e. The molecule has 0 atom stereocenters. The maximum atomic E-state index is 13.3. The molecular formula is C19H24N2O5S2. The Kier molecular flexibility index (Phi) is 5.85. The van der Waals surface area contributed by atoms with Crippen molar-refractivity contribution in [3.8, 4) is 5.75 Å². The molecule has 0 radical (unpaired) electrons. The van der Waals surface area contributed by atoms with E-state index in [0.717, 1.165) is 6.42 Å². The van der Waals surface area contributed by atoms with Gasteiger partial charge >= 0.3 is 0 Å². The molecule has 3 rings (SSSR count). The number of ether oxygens (including phenoxy) is 1. The molecule has 1 heterocycles. The number of sulfonamides is 2. The Morgan fingerprint density at radius 1 is 1.11 bits per heavy atom. The normalized spacial score (nSPS) is 16.6. The van der Waals surface area contributed by atoms with Gasteiger partial charge in [0.1, 0.15) is 10.6 Å². The van der Waals surface area contributed by atoms with Crippen LogP contribution in [-0.2, 0) is 20.0 Å².